The van der Waals surface area contributed by atoms with Gasteiger partial charge in [-0.3, -0.25) is 14.9 Å². The van der Waals surface area contributed by atoms with Crippen LogP contribution in [0.1, 0.15) is 26.3 Å². The molecule has 0 spiro atoms. The molecule has 0 radical (unpaired) electrons. The highest BCUT2D eigenvalue weighted by molar-refractivity contribution is 7.91. The van der Waals surface area contributed by atoms with E-state index in [1.165, 1.54) is 36.4 Å². The average Bonchev–Trinajstić information content (AvgIpc) is 2.86. The van der Waals surface area contributed by atoms with Gasteiger partial charge in [-0.2, -0.15) is 0 Å². The van der Waals surface area contributed by atoms with Gasteiger partial charge in [0.25, 0.3) is 5.56 Å². The number of hydrogen-bond acceptors (Lipinski definition) is 7. The molecular formula is C27H25ClN4O6S. The first-order valence-corrected chi connectivity index (χ1v) is 13.6. The van der Waals surface area contributed by atoms with Gasteiger partial charge >= 0.3 is 6.09 Å². The van der Waals surface area contributed by atoms with Crippen LogP contribution in [0.5, 0.6) is 0 Å². The zero-order valence-electron chi connectivity index (χ0n) is 21.3. The summed E-state index contributed by atoms with van der Waals surface area (Å²) in [5, 5.41) is 6.81. The zero-order valence-corrected chi connectivity index (χ0v) is 22.8. The van der Waals surface area contributed by atoms with Crippen molar-refractivity contribution in [1.29, 1.82) is 0 Å². The predicted octanol–water partition coefficient (Wildman–Crippen LogP) is 4.54. The summed E-state index contributed by atoms with van der Waals surface area (Å²) in [7, 11) is -4.26. The van der Waals surface area contributed by atoms with Crippen LogP contribution in [-0.4, -0.2) is 35.9 Å². The molecule has 12 heteroatoms. The molecule has 0 saturated carbocycles. The first-order chi connectivity index (χ1) is 18.3. The van der Waals surface area contributed by atoms with Gasteiger partial charge in [-0.1, -0.05) is 41.9 Å². The fraction of sp³-hybridized carbons (Fsp3) is 0.185. The van der Waals surface area contributed by atoms with Crippen molar-refractivity contribution in [2.24, 2.45) is 0 Å². The van der Waals surface area contributed by atoms with E-state index in [4.69, 9.17) is 16.3 Å². The third kappa shape index (κ3) is 6.62. The molecule has 0 aliphatic carbocycles. The molecule has 0 saturated heterocycles. The standard InChI is InChI=1S/C27H25ClN4O6S/c1-27(2,3)38-26(35)29-19-12-14-20(15-13-19)39(36,37)24-21-6-4-5-7-22(21)25(34)32(31-24)30-23(33)16-17-8-10-18(28)11-9-17/h4-15H,16H2,1-3H3,(H,29,35)(H,30,33). The fourth-order valence-corrected chi connectivity index (χ4v) is 5.13. The third-order valence-corrected chi connectivity index (χ3v) is 7.30. The number of hydrogen-bond donors (Lipinski definition) is 2. The quantitative estimate of drug-likeness (QED) is 0.348. The number of anilines is 1. The van der Waals surface area contributed by atoms with E-state index in [0.29, 0.717) is 21.1 Å². The molecule has 202 valence electrons. The van der Waals surface area contributed by atoms with Crippen LogP contribution in [0.25, 0.3) is 10.8 Å². The Bertz CT molecular complexity index is 1710. The predicted molar refractivity (Wildman–Crippen MR) is 147 cm³/mol. The van der Waals surface area contributed by atoms with Gasteiger partial charge in [-0.05, 0) is 68.8 Å². The van der Waals surface area contributed by atoms with E-state index < -0.39 is 38.0 Å². The minimum absolute atomic E-state index is 0.0566. The van der Waals surface area contributed by atoms with Crippen LogP contribution in [0.2, 0.25) is 5.02 Å². The number of nitrogens with one attached hydrogen (secondary N) is 2. The average molecular weight is 569 g/mol. The maximum Gasteiger partial charge on any atom is 0.412 e. The van der Waals surface area contributed by atoms with E-state index >= 15 is 0 Å². The summed E-state index contributed by atoms with van der Waals surface area (Å²) in [5.41, 5.74) is 1.94. The van der Waals surface area contributed by atoms with Crippen molar-refractivity contribution in [3.05, 3.63) is 93.7 Å². The second kappa shape index (κ2) is 10.9. The maximum absolute atomic E-state index is 13.6. The number of rotatable bonds is 6. The Balaban J connectivity index is 1.66. The minimum atomic E-state index is -4.26. The second-order valence-corrected chi connectivity index (χ2v) is 11.9. The number of carbonyl (C=O) groups is 2. The maximum atomic E-state index is 13.6. The number of fused-ring (bicyclic) bond motifs is 1. The number of halogens is 1. The molecule has 4 aromatic rings. The molecule has 1 heterocycles. The van der Waals surface area contributed by atoms with Crippen molar-refractivity contribution in [3.63, 3.8) is 0 Å². The van der Waals surface area contributed by atoms with Gasteiger partial charge in [-0.15, -0.1) is 9.89 Å². The van der Waals surface area contributed by atoms with E-state index in [1.807, 2.05) is 0 Å². The molecule has 2 N–H and O–H groups in total. The van der Waals surface area contributed by atoms with Crippen LogP contribution in [0.4, 0.5) is 10.5 Å². The number of nitrogens with zero attached hydrogens (tertiary/aromatic N) is 2. The normalized spacial score (nSPS) is 11.7. The highest BCUT2D eigenvalue weighted by Gasteiger charge is 2.26. The lowest BCUT2D eigenvalue weighted by Crippen LogP contribution is -2.37. The van der Waals surface area contributed by atoms with E-state index in [0.717, 1.165) is 0 Å². The topological polar surface area (TPSA) is 136 Å². The molecule has 0 bridgehead atoms. The first-order valence-electron chi connectivity index (χ1n) is 11.7. The number of sulfone groups is 1. The van der Waals surface area contributed by atoms with Crippen molar-refractivity contribution in [1.82, 2.24) is 9.89 Å². The number of benzene rings is 3. The Hall–Kier alpha value is -4.22. The number of amides is 2. The molecule has 4 rings (SSSR count). The lowest BCUT2D eigenvalue weighted by atomic mass is 10.1. The molecule has 0 fully saturated rings. The van der Waals surface area contributed by atoms with Crippen molar-refractivity contribution >= 4 is 49.9 Å². The van der Waals surface area contributed by atoms with E-state index in [-0.39, 0.29) is 22.1 Å². The number of carbonyl (C=O) groups excluding carboxylic acids is 2. The molecule has 10 nitrogen and oxygen atoms in total. The molecule has 0 unspecified atom stereocenters. The van der Waals surface area contributed by atoms with Gasteiger partial charge in [0.05, 0.1) is 16.7 Å². The van der Waals surface area contributed by atoms with Crippen LogP contribution >= 0.6 is 11.6 Å². The van der Waals surface area contributed by atoms with Crippen LogP contribution in [0, 0.1) is 0 Å². The zero-order chi connectivity index (χ0) is 28.4. The molecule has 0 aliphatic heterocycles. The fourth-order valence-electron chi connectivity index (χ4n) is 3.63. The summed E-state index contributed by atoms with van der Waals surface area (Å²) in [6.45, 7) is 5.16. The summed E-state index contributed by atoms with van der Waals surface area (Å²) in [4.78, 5) is 38.2. The number of aromatic nitrogens is 2. The van der Waals surface area contributed by atoms with Crippen LogP contribution < -0.4 is 16.3 Å². The highest BCUT2D eigenvalue weighted by atomic mass is 35.5. The van der Waals surface area contributed by atoms with Gasteiger partial charge in [-0.25, -0.2) is 18.6 Å². The third-order valence-electron chi connectivity index (χ3n) is 5.34. The van der Waals surface area contributed by atoms with Crippen LogP contribution in [-0.2, 0) is 25.8 Å². The second-order valence-electron chi connectivity index (χ2n) is 9.56. The van der Waals surface area contributed by atoms with Crippen molar-refractivity contribution in [2.75, 3.05) is 10.7 Å². The van der Waals surface area contributed by atoms with E-state index in [9.17, 15) is 22.8 Å². The summed E-state index contributed by atoms with van der Waals surface area (Å²) in [6.07, 6.45) is -0.779. The van der Waals surface area contributed by atoms with Crippen LogP contribution in [0.15, 0.2) is 87.5 Å². The Morgan fingerprint density at radius 1 is 0.949 bits per heavy atom. The summed E-state index contributed by atoms with van der Waals surface area (Å²) < 4.78 is 32.5. The Morgan fingerprint density at radius 3 is 2.18 bits per heavy atom. The van der Waals surface area contributed by atoms with Crippen LogP contribution in [0.3, 0.4) is 0 Å². The lowest BCUT2D eigenvalue weighted by Gasteiger charge is -2.19. The van der Waals surface area contributed by atoms with Crippen molar-refractivity contribution in [3.8, 4) is 0 Å². The molecular weight excluding hydrogens is 544 g/mol. The first kappa shape index (κ1) is 27.8. The van der Waals surface area contributed by atoms with Gasteiger partial charge in [0.1, 0.15) is 5.60 Å². The Morgan fingerprint density at radius 2 is 1.56 bits per heavy atom. The summed E-state index contributed by atoms with van der Waals surface area (Å²) >= 11 is 5.88. The Labute approximate surface area is 229 Å². The largest absolute Gasteiger partial charge is 0.444 e. The SMILES string of the molecule is CC(C)(C)OC(=O)Nc1ccc(S(=O)(=O)c2nn(NC(=O)Cc3ccc(Cl)cc3)c(=O)c3ccccc23)cc1. The smallest absolute Gasteiger partial charge is 0.412 e. The Kier molecular flexibility index (Phi) is 7.75. The minimum Gasteiger partial charge on any atom is -0.444 e. The summed E-state index contributed by atoms with van der Waals surface area (Å²) in [5.74, 6) is -0.580. The lowest BCUT2D eigenvalue weighted by molar-refractivity contribution is -0.116. The molecule has 0 aliphatic rings. The number of ether oxygens (including phenoxy) is 1. The molecule has 2 amide bonds. The van der Waals surface area contributed by atoms with Gasteiger partial charge in [0.2, 0.25) is 15.7 Å². The van der Waals surface area contributed by atoms with Crippen molar-refractivity contribution in [2.45, 2.75) is 42.7 Å². The van der Waals surface area contributed by atoms with Crippen molar-refractivity contribution < 1.29 is 22.7 Å². The summed E-state index contributed by atoms with van der Waals surface area (Å²) in [6, 6.07) is 18.1. The van der Waals surface area contributed by atoms with E-state index in [2.05, 4.69) is 15.8 Å². The molecule has 0 atom stereocenters. The van der Waals surface area contributed by atoms with Gasteiger partial charge in [0, 0.05) is 16.1 Å². The van der Waals surface area contributed by atoms with Gasteiger partial charge < -0.3 is 4.74 Å². The van der Waals surface area contributed by atoms with Gasteiger partial charge in [0.15, 0.2) is 5.03 Å². The highest BCUT2D eigenvalue weighted by Crippen LogP contribution is 2.26. The molecule has 39 heavy (non-hydrogen) atoms. The molecule has 3 aromatic carbocycles. The monoisotopic (exact) mass is 568 g/mol. The molecule has 1 aromatic heterocycles. The van der Waals surface area contributed by atoms with E-state index in [1.54, 1.807) is 57.2 Å².